The number of thiocarbonyl (C=S) groups is 1. The summed E-state index contributed by atoms with van der Waals surface area (Å²) in [5.74, 6) is -0.450. The first-order chi connectivity index (χ1) is 9.30. The van der Waals surface area contributed by atoms with Crippen molar-refractivity contribution in [2.75, 3.05) is 6.54 Å². The maximum absolute atomic E-state index is 12.4. The van der Waals surface area contributed by atoms with Crippen LogP contribution in [0.2, 0.25) is 0 Å². The summed E-state index contributed by atoms with van der Waals surface area (Å²) in [6.07, 6.45) is -2.39. The lowest BCUT2D eigenvalue weighted by Gasteiger charge is -2.23. The molecule has 1 unspecified atom stereocenters. The largest absolute Gasteiger partial charge is 0.417 e. The monoisotopic (exact) mass is 303 g/mol. The number of likely N-dealkylation sites (tertiary alicyclic amines) is 1. The zero-order chi connectivity index (χ0) is 14.9. The molecule has 1 aromatic rings. The lowest BCUT2D eigenvalue weighted by molar-refractivity contribution is -0.137. The Morgan fingerprint density at radius 2 is 2.15 bits per heavy atom. The molecule has 1 amide bonds. The van der Waals surface area contributed by atoms with Gasteiger partial charge >= 0.3 is 6.18 Å². The van der Waals surface area contributed by atoms with E-state index < -0.39 is 17.6 Å². The van der Waals surface area contributed by atoms with Gasteiger partial charge in [-0.1, -0.05) is 12.2 Å². The van der Waals surface area contributed by atoms with E-state index in [0.29, 0.717) is 19.2 Å². The number of hydrogen-bond donors (Lipinski definition) is 1. The third kappa shape index (κ3) is 2.90. The molecule has 0 aromatic carbocycles. The Balaban J connectivity index is 2.19. The number of nitrogens with two attached hydrogens (primary N) is 1. The molecule has 0 radical (unpaired) electrons. The first-order valence-corrected chi connectivity index (χ1v) is 6.35. The van der Waals surface area contributed by atoms with Gasteiger partial charge in [-0.3, -0.25) is 9.78 Å². The average molecular weight is 303 g/mol. The van der Waals surface area contributed by atoms with E-state index in [4.69, 9.17) is 18.0 Å². The van der Waals surface area contributed by atoms with Crippen LogP contribution in [0.4, 0.5) is 13.2 Å². The molecule has 0 aliphatic carbocycles. The molecule has 20 heavy (non-hydrogen) atoms. The van der Waals surface area contributed by atoms with Crippen molar-refractivity contribution < 1.29 is 18.0 Å². The molecule has 8 heteroatoms. The van der Waals surface area contributed by atoms with Crippen LogP contribution in [0.3, 0.4) is 0 Å². The van der Waals surface area contributed by atoms with Crippen LogP contribution >= 0.6 is 12.2 Å². The Hall–Kier alpha value is -1.70. The van der Waals surface area contributed by atoms with Gasteiger partial charge < -0.3 is 10.6 Å². The number of pyridine rings is 1. The summed E-state index contributed by atoms with van der Waals surface area (Å²) in [5, 5.41) is 0. The van der Waals surface area contributed by atoms with Gasteiger partial charge in [0, 0.05) is 12.7 Å². The fourth-order valence-corrected chi connectivity index (χ4v) is 2.39. The van der Waals surface area contributed by atoms with Crippen LogP contribution in [0, 0.1) is 0 Å². The third-order valence-corrected chi connectivity index (χ3v) is 3.42. The normalized spacial score (nSPS) is 19.1. The van der Waals surface area contributed by atoms with Gasteiger partial charge in [-0.2, -0.15) is 13.2 Å². The van der Waals surface area contributed by atoms with Crippen molar-refractivity contribution >= 4 is 23.1 Å². The second kappa shape index (κ2) is 5.35. The highest BCUT2D eigenvalue weighted by Crippen LogP contribution is 2.28. The van der Waals surface area contributed by atoms with Crippen LogP contribution in [-0.2, 0) is 6.18 Å². The number of carbonyl (C=O) groups is 1. The Morgan fingerprint density at radius 1 is 1.45 bits per heavy atom. The molecule has 0 bridgehead atoms. The van der Waals surface area contributed by atoms with Gasteiger partial charge in [0.15, 0.2) is 0 Å². The van der Waals surface area contributed by atoms with Gasteiger partial charge in [0.05, 0.1) is 16.6 Å². The van der Waals surface area contributed by atoms with Gasteiger partial charge in [0.2, 0.25) is 0 Å². The second-order valence-corrected chi connectivity index (χ2v) is 4.96. The van der Waals surface area contributed by atoms with Crippen molar-refractivity contribution in [2.45, 2.75) is 25.1 Å². The smallest absolute Gasteiger partial charge is 0.392 e. The molecule has 0 saturated carbocycles. The summed E-state index contributed by atoms with van der Waals surface area (Å²) >= 11 is 4.89. The zero-order valence-electron chi connectivity index (χ0n) is 10.4. The number of aromatic nitrogens is 1. The number of halogens is 3. The van der Waals surface area contributed by atoms with E-state index in [1.165, 1.54) is 4.90 Å². The Morgan fingerprint density at radius 3 is 2.65 bits per heavy atom. The molecular weight excluding hydrogens is 291 g/mol. The number of hydrogen-bond acceptors (Lipinski definition) is 3. The van der Waals surface area contributed by atoms with Crippen LogP contribution < -0.4 is 5.73 Å². The van der Waals surface area contributed by atoms with Gasteiger partial charge in [-0.25, -0.2) is 0 Å². The van der Waals surface area contributed by atoms with Crippen molar-refractivity contribution in [3.8, 4) is 0 Å². The predicted molar refractivity (Wildman–Crippen MR) is 70.1 cm³/mol. The number of rotatable bonds is 2. The highest BCUT2D eigenvalue weighted by atomic mass is 32.1. The molecule has 1 aliphatic rings. The highest BCUT2D eigenvalue weighted by Gasteiger charge is 2.33. The lowest BCUT2D eigenvalue weighted by atomic mass is 10.2. The van der Waals surface area contributed by atoms with E-state index >= 15 is 0 Å². The summed E-state index contributed by atoms with van der Waals surface area (Å²) in [5.41, 5.74) is 4.63. The molecule has 0 spiro atoms. The van der Waals surface area contributed by atoms with E-state index in [-0.39, 0.29) is 16.7 Å². The molecule has 108 valence electrons. The average Bonchev–Trinajstić information content (AvgIpc) is 2.86. The molecule has 2 heterocycles. The molecule has 1 aromatic heterocycles. The van der Waals surface area contributed by atoms with Gasteiger partial charge in [0.25, 0.3) is 5.91 Å². The van der Waals surface area contributed by atoms with E-state index in [2.05, 4.69) is 4.98 Å². The van der Waals surface area contributed by atoms with Gasteiger partial charge in [-0.15, -0.1) is 0 Å². The standard InChI is InChI=1S/C12H12F3N3OS/c13-12(14,15)7-3-4-8(17-6-7)11(19)18-5-1-2-9(18)10(16)20/h3-4,6,9H,1-2,5H2,(H2,16,20). The quantitative estimate of drug-likeness (QED) is 0.849. The fraction of sp³-hybridized carbons (Fsp3) is 0.417. The van der Waals surface area contributed by atoms with Crippen LogP contribution in [0.15, 0.2) is 18.3 Å². The van der Waals surface area contributed by atoms with E-state index in [0.717, 1.165) is 18.6 Å². The molecule has 1 fully saturated rings. The molecule has 1 aliphatic heterocycles. The molecule has 1 atom stereocenters. The molecular formula is C12H12F3N3OS. The first kappa shape index (κ1) is 14.7. The van der Waals surface area contributed by atoms with Crippen LogP contribution in [-0.4, -0.2) is 33.4 Å². The molecule has 2 N–H and O–H groups in total. The van der Waals surface area contributed by atoms with E-state index in [9.17, 15) is 18.0 Å². The minimum absolute atomic E-state index is 0.0406. The summed E-state index contributed by atoms with van der Waals surface area (Å²) in [6.45, 7) is 0.476. The minimum atomic E-state index is -4.47. The third-order valence-electron chi connectivity index (χ3n) is 3.15. The van der Waals surface area contributed by atoms with Gasteiger partial charge in [-0.05, 0) is 25.0 Å². The maximum atomic E-state index is 12.4. The number of carbonyl (C=O) groups excluding carboxylic acids is 1. The fourth-order valence-electron chi connectivity index (χ4n) is 2.14. The van der Waals surface area contributed by atoms with Crippen molar-refractivity contribution in [3.05, 3.63) is 29.6 Å². The molecule has 2 rings (SSSR count). The first-order valence-electron chi connectivity index (χ1n) is 5.94. The Bertz CT molecular complexity index is 530. The Labute approximate surface area is 118 Å². The number of nitrogens with zero attached hydrogens (tertiary/aromatic N) is 2. The number of alkyl halides is 3. The lowest BCUT2D eigenvalue weighted by Crippen LogP contribution is -2.43. The summed E-state index contributed by atoms with van der Waals surface area (Å²) in [4.78, 5) is 17.4. The van der Waals surface area contributed by atoms with E-state index in [1.54, 1.807) is 0 Å². The summed E-state index contributed by atoms with van der Waals surface area (Å²) < 4.78 is 37.3. The van der Waals surface area contributed by atoms with E-state index in [1.807, 2.05) is 0 Å². The minimum Gasteiger partial charge on any atom is -0.392 e. The number of amides is 1. The molecule has 1 saturated heterocycles. The van der Waals surface area contributed by atoms with Crippen LogP contribution in [0.1, 0.15) is 28.9 Å². The zero-order valence-corrected chi connectivity index (χ0v) is 11.2. The van der Waals surface area contributed by atoms with Crippen molar-refractivity contribution in [1.29, 1.82) is 0 Å². The van der Waals surface area contributed by atoms with Crippen LogP contribution in [0.25, 0.3) is 0 Å². The van der Waals surface area contributed by atoms with Crippen molar-refractivity contribution in [2.24, 2.45) is 5.73 Å². The predicted octanol–water partition coefficient (Wildman–Crippen LogP) is 1.99. The topological polar surface area (TPSA) is 59.2 Å². The second-order valence-electron chi connectivity index (χ2n) is 4.49. The maximum Gasteiger partial charge on any atom is 0.417 e. The van der Waals surface area contributed by atoms with Crippen molar-refractivity contribution in [1.82, 2.24) is 9.88 Å². The summed E-state index contributed by atoms with van der Waals surface area (Å²) in [7, 11) is 0. The summed E-state index contributed by atoms with van der Waals surface area (Å²) in [6, 6.07) is 1.56. The SMILES string of the molecule is NC(=S)C1CCCN1C(=O)c1ccc(C(F)(F)F)cn1. The molecule has 4 nitrogen and oxygen atoms in total. The highest BCUT2D eigenvalue weighted by molar-refractivity contribution is 7.80. The van der Waals surface area contributed by atoms with Gasteiger partial charge in [0.1, 0.15) is 5.69 Å². The van der Waals surface area contributed by atoms with Crippen LogP contribution in [0.5, 0.6) is 0 Å². The van der Waals surface area contributed by atoms with Crippen molar-refractivity contribution in [3.63, 3.8) is 0 Å². The Kier molecular flexibility index (Phi) is 3.94.